The van der Waals surface area contributed by atoms with Crippen LogP contribution in [0.15, 0.2) is 42.5 Å². The minimum absolute atomic E-state index is 0.108. The summed E-state index contributed by atoms with van der Waals surface area (Å²) in [6.45, 7) is 10.0. The van der Waals surface area contributed by atoms with Gasteiger partial charge in [-0.2, -0.15) is 0 Å². The van der Waals surface area contributed by atoms with E-state index in [1.165, 1.54) is 6.42 Å². The van der Waals surface area contributed by atoms with Crippen molar-refractivity contribution in [2.24, 2.45) is 5.92 Å². The number of rotatable bonds is 13. The highest BCUT2D eigenvalue weighted by Gasteiger charge is 2.31. The molecule has 0 N–H and O–H groups in total. The van der Waals surface area contributed by atoms with Crippen LogP contribution in [0, 0.1) is 5.92 Å². The Morgan fingerprint density at radius 3 is 2.30 bits per heavy atom. The molecule has 1 saturated carbocycles. The monoisotopic (exact) mass is 510 g/mol. The summed E-state index contributed by atoms with van der Waals surface area (Å²) in [6.07, 6.45) is 6.87. The lowest BCUT2D eigenvalue weighted by Crippen LogP contribution is -2.39. The molecule has 2 aromatic carbocycles. The second-order valence-electron chi connectivity index (χ2n) is 10.3. The van der Waals surface area contributed by atoms with Gasteiger partial charge in [0.2, 0.25) is 0 Å². The number of esters is 1. The van der Waals surface area contributed by atoms with E-state index in [0.717, 1.165) is 43.2 Å². The van der Waals surface area contributed by atoms with Crippen molar-refractivity contribution in [2.45, 2.75) is 91.3 Å². The molecular formula is C31H42O6. The topological polar surface area (TPSA) is 71.1 Å². The first kappa shape index (κ1) is 28.5. The van der Waals surface area contributed by atoms with Crippen LogP contribution < -0.4 is 14.2 Å². The second kappa shape index (κ2) is 13.5. The molecule has 1 fully saturated rings. The zero-order valence-corrected chi connectivity index (χ0v) is 23.0. The molecule has 0 spiro atoms. The van der Waals surface area contributed by atoms with Gasteiger partial charge in [-0.3, -0.25) is 4.79 Å². The Kier molecular flexibility index (Phi) is 10.4. The normalized spacial score (nSPS) is 15.1. The van der Waals surface area contributed by atoms with Gasteiger partial charge in [0.15, 0.2) is 11.4 Å². The number of hydrogen-bond acceptors (Lipinski definition) is 6. The summed E-state index contributed by atoms with van der Waals surface area (Å²) in [5.74, 6) is 1.86. The lowest BCUT2D eigenvalue weighted by atomic mass is 9.83. The highest BCUT2D eigenvalue weighted by Crippen LogP contribution is 2.32. The van der Waals surface area contributed by atoms with Gasteiger partial charge in [-0.25, -0.2) is 4.79 Å². The van der Waals surface area contributed by atoms with Crippen LogP contribution in [0.1, 0.15) is 89.1 Å². The molecule has 37 heavy (non-hydrogen) atoms. The molecule has 1 unspecified atom stereocenters. The van der Waals surface area contributed by atoms with Crippen molar-refractivity contribution in [1.82, 2.24) is 0 Å². The summed E-state index contributed by atoms with van der Waals surface area (Å²) in [6, 6.07) is 13.2. The SMILES string of the molecule is CCOC(=O)C(C)(C)Oc1ccc(OCCC(C)Oc2ccc(CC)cc2C(=O)C2CCCCC2)cc1. The van der Waals surface area contributed by atoms with Crippen molar-refractivity contribution in [3.63, 3.8) is 0 Å². The Bertz CT molecular complexity index is 1020. The molecule has 0 saturated heterocycles. The fourth-order valence-electron chi connectivity index (χ4n) is 4.54. The minimum Gasteiger partial charge on any atom is -0.493 e. The van der Waals surface area contributed by atoms with Crippen LogP contribution in [-0.2, 0) is 16.0 Å². The quantitative estimate of drug-likeness (QED) is 0.214. The van der Waals surface area contributed by atoms with Crippen molar-refractivity contribution in [2.75, 3.05) is 13.2 Å². The van der Waals surface area contributed by atoms with Gasteiger partial charge in [0.05, 0.1) is 24.9 Å². The first-order chi connectivity index (χ1) is 17.7. The summed E-state index contributed by atoms with van der Waals surface area (Å²) in [5, 5.41) is 0. The number of ketones is 1. The van der Waals surface area contributed by atoms with E-state index in [9.17, 15) is 9.59 Å². The first-order valence-corrected chi connectivity index (χ1v) is 13.7. The van der Waals surface area contributed by atoms with Gasteiger partial charge in [0.1, 0.15) is 17.2 Å². The van der Waals surface area contributed by atoms with Crippen LogP contribution >= 0.6 is 0 Å². The number of benzene rings is 2. The zero-order valence-electron chi connectivity index (χ0n) is 23.0. The molecule has 1 aliphatic carbocycles. The largest absolute Gasteiger partial charge is 0.493 e. The average Bonchev–Trinajstić information content (AvgIpc) is 2.90. The van der Waals surface area contributed by atoms with Crippen molar-refractivity contribution in [3.8, 4) is 17.2 Å². The summed E-state index contributed by atoms with van der Waals surface area (Å²) in [5.41, 5.74) is 0.804. The third-order valence-corrected chi connectivity index (χ3v) is 6.78. The molecular weight excluding hydrogens is 468 g/mol. The Balaban J connectivity index is 1.53. The number of carbonyl (C=O) groups is 2. The number of hydrogen-bond donors (Lipinski definition) is 0. The van der Waals surface area contributed by atoms with Gasteiger partial charge in [-0.05, 0) is 88.9 Å². The highest BCUT2D eigenvalue weighted by atomic mass is 16.6. The van der Waals surface area contributed by atoms with Crippen molar-refractivity contribution >= 4 is 11.8 Å². The molecule has 0 radical (unpaired) electrons. The molecule has 2 aromatic rings. The molecule has 6 heteroatoms. The maximum atomic E-state index is 13.3. The number of Topliss-reactive ketones (excluding diaryl/α,β-unsaturated/α-hetero) is 1. The number of ether oxygens (including phenoxy) is 4. The van der Waals surface area contributed by atoms with Gasteiger partial charge in [-0.1, -0.05) is 32.3 Å². The van der Waals surface area contributed by atoms with Crippen LogP contribution in [0.4, 0.5) is 0 Å². The van der Waals surface area contributed by atoms with Crippen molar-refractivity contribution in [3.05, 3.63) is 53.6 Å². The minimum atomic E-state index is -1.07. The fourth-order valence-corrected chi connectivity index (χ4v) is 4.54. The van der Waals surface area contributed by atoms with E-state index in [4.69, 9.17) is 18.9 Å². The van der Waals surface area contributed by atoms with Crippen LogP contribution in [0.25, 0.3) is 0 Å². The second-order valence-corrected chi connectivity index (χ2v) is 10.3. The molecule has 0 aliphatic heterocycles. The maximum absolute atomic E-state index is 13.3. The van der Waals surface area contributed by atoms with Gasteiger partial charge < -0.3 is 18.9 Å². The third kappa shape index (κ3) is 8.24. The number of carbonyl (C=O) groups excluding carboxylic acids is 2. The van der Waals surface area contributed by atoms with E-state index in [0.29, 0.717) is 36.9 Å². The summed E-state index contributed by atoms with van der Waals surface area (Å²) in [4.78, 5) is 25.4. The molecule has 0 amide bonds. The maximum Gasteiger partial charge on any atom is 0.349 e. The fraction of sp³-hybridized carbons (Fsp3) is 0.548. The smallest absolute Gasteiger partial charge is 0.349 e. The van der Waals surface area contributed by atoms with E-state index >= 15 is 0 Å². The molecule has 202 valence electrons. The molecule has 0 bridgehead atoms. The Labute approximate surface area is 221 Å². The molecule has 0 heterocycles. The zero-order chi connectivity index (χ0) is 26.8. The summed E-state index contributed by atoms with van der Waals surface area (Å²) in [7, 11) is 0. The highest BCUT2D eigenvalue weighted by molar-refractivity contribution is 6.00. The van der Waals surface area contributed by atoms with Gasteiger partial charge in [0, 0.05) is 12.3 Å². The van der Waals surface area contributed by atoms with Crippen LogP contribution in [0.2, 0.25) is 0 Å². The average molecular weight is 511 g/mol. The van der Waals surface area contributed by atoms with Crippen LogP contribution in [-0.4, -0.2) is 36.7 Å². The predicted molar refractivity (Wildman–Crippen MR) is 145 cm³/mol. The molecule has 3 rings (SSSR count). The summed E-state index contributed by atoms with van der Waals surface area (Å²) >= 11 is 0. The van der Waals surface area contributed by atoms with E-state index < -0.39 is 11.6 Å². The standard InChI is InChI=1S/C31H42O6/c1-6-23-13-18-28(27(21-23)29(32)24-11-9-8-10-12-24)36-22(3)19-20-35-25-14-16-26(17-15-25)37-31(4,5)30(33)34-7-2/h13-18,21-22,24H,6-12,19-20H2,1-5H3. The Hall–Kier alpha value is -3.02. The molecule has 1 aliphatic rings. The van der Waals surface area contributed by atoms with E-state index in [-0.39, 0.29) is 17.8 Å². The molecule has 1 atom stereocenters. The Morgan fingerprint density at radius 2 is 1.65 bits per heavy atom. The molecule has 0 aromatic heterocycles. The van der Waals surface area contributed by atoms with Gasteiger partial charge in [-0.15, -0.1) is 0 Å². The summed E-state index contributed by atoms with van der Waals surface area (Å²) < 4.78 is 23.0. The van der Waals surface area contributed by atoms with Crippen molar-refractivity contribution < 1.29 is 28.5 Å². The van der Waals surface area contributed by atoms with E-state index in [1.54, 1.807) is 32.9 Å². The van der Waals surface area contributed by atoms with Crippen LogP contribution in [0.3, 0.4) is 0 Å². The Morgan fingerprint density at radius 1 is 0.973 bits per heavy atom. The van der Waals surface area contributed by atoms with E-state index in [1.807, 2.05) is 37.3 Å². The van der Waals surface area contributed by atoms with Crippen molar-refractivity contribution in [1.29, 1.82) is 0 Å². The van der Waals surface area contributed by atoms with E-state index in [2.05, 4.69) is 6.92 Å². The lowest BCUT2D eigenvalue weighted by molar-refractivity contribution is -0.158. The van der Waals surface area contributed by atoms with Gasteiger partial charge >= 0.3 is 5.97 Å². The van der Waals surface area contributed by atoms with Gasteiger partial charge in [0.25, 0.3) is 0 Å². The predicted octanol–water partition coefficient (Wildman–Crippen LogP) is 6.97. The first-order valence-electron chi connectivity index (χ1n) is 13.7. The molecule has 6 nitrogen and oxygen atoms in total. The number of aryl methyl sites for hydroxylation is 1. The van der Waals surface area contributed by atoms with Crippen LogP contribution in [0.5, 0.6) is 17.2 Å². The third-order valence-electron chi connectivity index (χ3n) is 6.78. The lowest BCUT2D eigenvalue weighted by Gasteiger charge is -2.24.